The van der Waals surface area contributed by atoms with Gasteiger partial charge in [-0.1, -0.05) is 20.8 Å². The first-order valence-corrected chi connectivity index (χ1v) is 8.20. The molecule has 0 unspecified atom stereocenters. The van der Waals surface area contributed by atoms with Crippen molar-refractivity contribution in [2.45, 2.75) is 58.0 Å². The Morgan fingerprint density at radius 2 is 2.08 bits per heavy atom. The zero-order valence-electron chi connectivity index (χ0n) is 14.0. The molecule has 2 aliphatic rings. The minimum absolute atomic E-state index is 0.0616. The number of nitrogens with one attached hydrogen (secondary N) is 1. The van der Waals surface area contributed by atoms with Crippen LogP contribution in [0.3, 0.4) is 0 Å². The fourth-order valence-corrected chi connectivity index (χ4v) is 2.83. The Balaban J connectivity index is 1.58. The summed E-state index contributed by atoms with van der Waals surface area (Å²) in [5.41, 5.74) is 0.907. The highest BCUT2D eigenvalue weighted by Gasteiger charge is 2.33. The van der Waals surface area contributed by atoms with Crippen molar-refractivity contribution in [3.05, 3.63) is 45.3 Å². The van der Waals surface area contributed by atoms with Gasteiger partial charge in [0.25, 0.3) is 11.4 Å². The monoisotopic (exact) mass is 328 g/mol. The van der Waals surface area contributed by atoms with E-state index in [0.717, 1.165) is 18.7 Å². The van der Waals surface area contributed by atoms with Crippen LogP contribution < -0.4 is 5.56 Å². The third-order valence-electron chi connectivity index (χ3n) is 4.49. The number of fused-ring (bicyclic) bond motifs is 1. The lowest BCUT2D eigenvalue weighted by Crippen LogP contribution is -2.26. The molecule has 1 aliphatic carbocycles. The maximum absolute atomic E-state index is 12.6. The van der Waals surface area contributed by atoms with Crippen LogP contribution in [0.4, 0.5) is 0 Å². The second-order valence-corrected chi connectivity index (χ2v) is 7.59. The van der Waals surface area contributed by atoms with Gasteiger partial charge in [-0.15, -0.1) is 0 Å². The summed E-state index contributed by atoms with van der Waals surface area (Å²) in [5, 5.41) is 0. The molecule has 24 heavy (non-hydrogen) atoms. The van der Waals surface area contributed by atoms with Crippen molar-refractivity contribution in [2.75, 3.05) is 0 Å². The zero-order valence-corrected chi connectivity index (χ0v) is 14.0. The van der Waals surface area contributed by atoms with Gasteiger partial charge in [0, 0.05) is 11.3 Å². The first kappa shape index (κ1) is 15.1. The molecule has 3 heterocycles. The van der Waals surface area contributed by atoms with Gasteiger partial charge >= 0.3 is 5.91 Å². The standard InChI is InChI=1S/C17H20N4O3/c1-17(2,3)12-6-18-15(24-12)16(23)21-7-10-11(8-21)19-13(9-4-5-9)20-14(10)22/h6,9H,4-5,7-8H2,1-3H3,(H,19,20,22). The van der Waals surface area contributed by atoms with Crippen LogP contribution in [0.1, 0.15) is 73.1 Å². The van der Waals surface area contributed by atoms with Gasteiger partial charge in [0.05, 0.1) is 30.5 Å². The zero-order chi connectivity index (χ0) is 17.1. The lowest BCUT2D eigenvalue weighted by Gasteiger charge is -2.14. The van der Waals surface area contributed by atoms with E-state index in [1.165, 1.54) is 0 Å². The van der Waals surface area contributed by atoms with Crippen LogP contribution in [-0.4, -0.2) is 25.8 Å². The molecule has 0 spiro atoms. The summed E-state index contributed by atoms with van der Waals surface area (Å²) in [6.07, 6.45) is 3.72. The number of hydrogen-bond acceptors (Lipinski definition) is 5. The van der Waals surface area contributed by atoms with Gasteiger partial charge in [-0.3, -0.25) is 9.59 Å². The van der Waals surface area contributed by atoms with Crippen molar-refractivity contribution in [3.8, 4) is 0 Å². The van der Waals surface area contributed by atoms with Crippen LogP contribution in [0.5, 0.6) is 0 Å². The van der Waals surface area contributed by atoms with Gasteiger partial charge in [-0.25, -0.2) is 9.97 Å². The number of H-pyrrole nitrogens is 1. The fraction of sp³-hybridized carbons (Fsp3) is 0.529. The number of carbonyl (C=O) groups excluding carboxylic acids is 1. The van der Waals surface area contributed by atoms with Crippen molar-refractivity contribution >= 4 is 5.91 Å². The van der Waals surface area contributed by atoms with Crippen molar-refractivity contribution in [1.29, 1.82) is 0 Å². The molecule has 0 aromatic carbocycles. The van der Waals surface area contributed by atoms with Crippen LogP contribution in [-0.2, 0) is 18.5 Å². The van der Waals surface area contributed by atoms with Crippen molar-refractivity contribution in [1.82, 2.24) is 19.9 Å². The van der Waals surface area contributed by atoms with E-state index in [4.69, 9.17) is 4.42 Å². The quantitative estimate of drug-likeness (QED) is 0.911. The summed E-state index contributed by atoms with van der Waals surface area (Å²) in [6.45, 7) is 6.56. The second-order valence-electron chi connectivity index (χ2n) is 7.59. The maximum Gasteiger partial charge on any atom is 0.310 e. The van der Waals surface area contributed by atoms with E-state index in [0.29, 0.717) is 29.5 Å². The smallest absolute Gasteiger partial charge is 0.310 e. The molecule has 4 rings (SSSR count). The molecule has 0 radical (unpaired) electrons. The van der Waals surface area contributed by atoms with E-state index in [2.05, 4.69) is 15.0 Å². The third kappa shape index (κ3) is 2.53. The highest BCUT2D eigenvalue weighted by Crippen LogP contribution is 2.38. The van der Waals surface area contributed by atoms with E-state index in [1.54, 1.807) is 11.1 Å². The summed E-state index contributed by atoms with van der Waals surface area (Å²) >= 11 is 0. The highest BCUT2D eigenvalue weighted by molar-refractivity contribution is 5.90. The minimum Gasteiger partial charge on any atom is -0.437 e. The lowest BCUT2D eigenvalue weighted by molar-refractivity contribution is 0.0706. The number of carbonyl (C=O) groups is 1. The van der Waals surface area contributed by atoms with E-state index < -0.39 is 0 Å². The molecular weight excluding hydrogens is 308 g/mol. The Morgan fingerprint density at radius 3 is 2.71 bits per heavy atom. The Hall–Kier alpha value is -2.44. The summed E-state index contributed by atoms with van der Waals surface area (Å²) in [5.74, 6) is 1.53. The van der Waals surface area contributed by atoms with Crippen LogP contribution in [0.2, 0.25) is 0 Å². The molecule has 0 atom stereocenters. The molecule has 1 N–H and O–H groups in total. The van der Waals surface area contributed by atoms with Crippen LogP contribution >= 0.6 is 0 Å². The number of rotatable bonds is 2. The molecule has 0 saturated heterocycles. The molecule has 1 saturated carbocycles. The molecule has 2 aromatic heterocycles. The lowest BCUT2D eigenvalue weighted by atomic mass is 9.94. The fourth-order valence-electron chi connectivity index (χ4n) is 2.83. The SMILES string of the molecule is CC(C)(C)c1cnc(C(=O)N2Cc3nc(C4CC4)[nH]c(=O)c3C2)o1. The molecular formula is C17H20N4O3. The summed E-state index contributed by atoms with van der Waals surface area (Å²) in [4.78, 5) is 37.9. The summed E-state index contributed by atoms with van der Waals surface area (Å²) < 4.78 is 5.61. The van der Waals surface area contributed by atoms with Crippen LogP contribution in [0, 0.1) is 0 Å². The molecule has 1 aliphatic heterocycles. The number of amides is 1. The molecule has 7 nitrogen and oxygen atoms in total. The number of hydrogen-bond donors (Lipinski definition) is 1. The highest BCUT2D eigenvalue weighted by atomic mass is 16.4. The molecule has 7 heteroatoms. The average molecular weight is 328 g/mol. The Kier molecular flexibility index (Phi) is 3.16. The Bertz CT molecular complexity index is 871. The summed E-state index contributed by atoms with van der Waals surface area (Å²) in [6, 6.07) is 0. The maximum atomic E-state index is 12.6. The largest absolute Gasteiger partial charge is 0.437 e. The third-order valence-corrected chi connectivity index (χ3v) is 4.49. The van der Waals surface area contributed by atoms with Crippen molar-refractivity contribution in [3.63, 3.8) is 0 Å². The first-order valence-electron chi connectivity index (χ1n) is 8.20. The predicted molar refractivity (Wildman–Crippen MR) is 85.6 cm³/mol. The molecule has 1 fully saturated rings. The minimum atomic E-state index is -0.309. The normalized spacial score (nSPS) is 17.2. The summed E-state index contributed by atoms with van der Waals surface area (Å²) in [7, 11) is 0. The van der Waals surface area contributed by atoms with Gasteiger partial charge in [-0.05, 0) is 12.8 Å². The van der Waals surface area contributed by atoms with Crippen molar-refractivity contribution in [2.24, 2.45) is 0 Å². The molecule has 2 aromatic rings. The van der Waals surface area contributed by atoms with Crippen molar-refractivity contribution < 1.29 is 9.21 Å². The van der Waals surface area contributed by atoms with Gasteiger partial charge in [-0.2, -0.15) is 0 Å². The molecule has 0 bridgehead atoms. The second kappa shape index (κ2) is 5.03. The first-order chi connectivity index (χ1) is 11.3. The number of oxazole rings is 1. The average Bonchev–Trinajstić information content (AvgIpc) is 3.08. The van der Waals surface area contributed by atoms with E-state index in [-0.39, 0.29) is 29.3 Å². The Labute approximate surface area is 139 Å². The predicted octanol–water partition coefficient (Wildman–Crippen LogP) is 2.09. The topological polar surface area (TPSA) is 92.1 Å². The van der Waals surface area contributed by atoms with Gasteiger partial charge in [0.2, 0.25) is 0 Å². The Morgan fingerprint density at radius 1 is 1.33 bits per heavy atom. The van der Waals surface area contributed by atoms with Gasteiger partial charge in [0.1, 0.15) is 11.6 Å². The molecule has 126 valence electrons. The molecule has 1 amide bonds. The van der Waals surface area contributed by atoms with E-state index in [9.17, 15) is 9.59 Å². The van der Waals surface area contributed by atoms with E-state index >= 15 is 0 Å². The van der Waals surface area contributed by atoms with Gasteiger partial charge < -0.3 is 14.3 Å². The van der Waals surface area contributed by atoms with E-state index in [1.807, 2.05) is 20.8 Å². The van der Waals surface area contributed by atoms with Crippen LogP contribution in [0.15, 0.2) is 15.4 Å². The number of nitrogens with zero attached hydrogens (tertiary/aromatic N) is 3. The van der Waals surface area contributed by atoms with Crippen LogP contribution in [0.25, 0.3) is 0 Å². The van der Waals surface area contributed by atoms with Gasteiger partial charge in [0.15, 0.2) is 0 Å². The number of aromatic amines is 1. The number of aromatic nitrogens is 3.